The number of aromatic hydroxyl groups is 1. The Bertz CT molecular complexity index is 2540. The van der Waals surface area contributed by atoms with E-state index in [1.165, 1.54) is 11.6 Å². The molecule has 2 saturated heterocycles. The number of benzene rings is 1. The number of aromatic nitrogens is 2. The molecule has 5 unspecified atom stereocenters. The lowest BCUT2D eigenvalue weighted by molar-refractivity contribution is -0.175. The van der Waals surface area contributed by atoms with Gasteiger partial charge in [0, 0.05) is 77.2 Å². The van der Waals surface area contributed by atoms with Gasteiger partial charge in [0.2, 0.25) is 0 Å². The van der Waals surface area contributed by atoms with E-state index in [1.54, 1.807) is 34.6 Å². The number of aliphatic imine (C=N–C) groups is 1. The van der Waals surface area contributed by atoms with E-state index in [0.29, 0.717) is 85.3 Å². The van der Waals surface area contributed by atoms with Crippen molar-refractivity contribution < 1.29 is 28.5 Å². The molecule has 3 aromatic heterocycles. The maximum atomic E-state index is 14.3. The highest BCUT2D eigenvalue weighted by Gasteiger charge is 2.65. The van der Waals surface area contributed by atoms with Gasteiger partial charge in [0.25, 0.3) is 0 Å². The van der Waals surface area contributed by atoms with Gasteiger partial charge in [-0.3, -0.25) is 9.79 Å². The number of epoxide rings is 1. The van der Waals surface area contributed by atoms with Crippen LogP contribution in [0.25, 0.3) is 22.2 Å². The van der Waals surface area contributed by atoms with Crippen molar-refractivity contribution in [2.45, 2.75) is 94.0 Å². The van der Waals surface area contributed by atoms with Gasteiger partial charge in [0.1, 0.15) is 51.6 Å². The van der Waals surface area contributed by atoms with Crippen LogP contribution in [0.4, 0.5) is 11.6 Å². The number of hydrogen-bond acceptors (Lipinski definition) is 15. The maximum Gasteiger partial charge on any atom is 0.341 e. The van der Waals surface area contributed by atoms with Gasteiger partial charge in [-0.1, -0.05) is 21.6 Å². The number of carbonyl (C=O) groups is 1. The Morgan fingerprint density at radius 3 is 2.81 bits per heavy atom. The van der Waals surface area contributed by atoms with Crippen molar-refractivity contribution in [2.24, 2.45) is 4.99 Å². The normalized spacial score (nSPS) is 27.7. The number of pyridine rings is 2. The first-order valence-corrected chi connectivity index (χ1v) is 21.8. The number of nitrogens with two attached hydrogens (primary N) is 2. The van der Waals surface area contributed by atoms with Crippen molar-refractivity contribution in [3.05, 3.63) is 92.2 Å². The third-order valence-electron chi connectivity index (χ3n) is 12.2. The molecule has 6 aliphatic heterocycles. The largest absolute Gasteiger partial charge is 0.507 e. The summed E-state index contributed by atoms with van der Waals surface area (Å²) < 4.78 is 25.5. The number of nitrogen functional groups attached to an aromatic ring is 2. The van der Waals surface area contributed by atoms with E-state index >= 15 is 0 Å². The minimum absolute atomic E-state index is 0.0956. The summed E-state index contributed by atoms with van der Waals surface area (Å²) in [5.41, 5.74) is 18.0. The number of hydrogen-bond donors (Lipinski definition) is 3. The lowest BCUT2D eigenvalue weighted by atomic mass is 9.74. The van der Waals surface area contributed by atoms with Gasteiger partial charge in [-0.2, -0.15) is 0 Å². The predicted molar refractivity (Wildman–Crippen MR) is 220 cm³/mol. The fourth-order valence-electron chi connectivity index (χ4n) is 9.33. The van der Waals surface area contributed by atoms with Gasteiger partial charge >= 0.3 is 5.97 Å². The Morgan fingerprint density at radius 2 is 1.95 bits per heavy atom. The Kier molecular flexibility index (Phi) is 8.65. The third-order valence-corrected chi connectivity index (χ3v) is 14.5. The Labute approximate surface area is 336 Å². The number of phenolic OH excluding ortho intramolecular Hbond substituents is 1. The number of anilines is 2. The van der Waals surface area contributed by atoms with Gasteiger partial charge in [-0.25, -0.2) is 14.8 Å². The zero-order valence-electron chi connectivity index (χ0n) is 31.6. The summed E-state index contributed by atoms with van der Waals surface area (Å²) in [6.07, 6.45) is 8.23. The van der Waals surface area contributed by atoms with Crippen molar-refractivity contribution in [1.82, 2.24) is 14.9 Å². The number of fused-ring (bicyclic) bond motifs is 9. The summed E-state index contributed by atoms with van der Waals surface area (Å²) in [6, 6.07) is 9.06. The molecule has 15 heteroatoms. The number of aryl methyl sites for hydroxylation is 2. The monoisotopic (exact) mass is 806 g/mol. The van der Waals surface area contributed by atoms with Crippen molar-refractivity contribution in [3.8, 4) is 22.8 Å². The lowest BCUT2D eigenvalue weighted by Crippen LogP contribution is -2.55. The molecule has 10 rings (SSSR count). The molecule has 0 saturated carbocycles. The minimum atomic E-state index is -1.07. The first-order chi connectivity index (χ1) is 27.5. The van der Waals surface area contributed by atoms with Crippen LogP contribution in [-0.2, 0) is 33.0 Å². The number of allylic oxidation sites excluding steroid dienone is 1. The van der Waals surface area contributed by atoms with Crippen LogP contribution in [0.1, 0.15) is 73.1 Å². The lowest BCUT2D eigenvalue weighted by Gasteiger charge is -2.47. The highest BCUT2D eigenvalue weighted by Crippen LogP contribution is 2.55. The van der Waals surface area contributed by atoms with E-state index in [9.17, 15) is 14.7 Å². The number of nitrogens with zero attached hydrogens (tertiary/aromatic N) is 4. The van der Waals surface area contributed by atoms with Gasteiger partial charge in [0.05, 0.1) is 29.7 Å². The second kappa shape index (κ2) is 13.6. The number of phenols is 1. The molecule has 1 spiro atoms. The molecular weight excluding hydrogens is 765 g/mol. The smallest absolute Gasteiger partial charge is 0.341 e. The molecule has 4 bridgehead atoms. The fraction of sp³-hybridized carbons (Fsp3) is 0.405. The zero-order chi connectivity index (χ0) is 39.2. The van der Waals surface area contributed by atoms with Crippen LogP contribution in [0.2, 0.25) is 0 Å². The van der Waals surface area contributed by atoms with Crippen LogP contribution in [-0.4, -0.2) is 67.9 Å². The first kappa shape index (κ1) is 36.4. The van der Waals surface area contributed by atoms with E-state index in [4.69, 9.17) is 40.1 Å². The molecule has 0 radical (unpaired) electrons. The molecule has 294 valence electrons. The van der Waals surface area contributed by atoms with Crippen molar-refractivity contribution in [2.75, 3.05) is 23.8 Å². The third kappa shape index (κ3) is 6.25. The molecule has 9 heterocycles. The Balaban J connectivity index is 1.01. The van der Waals surface area contributed by atoms with Crippen LogP contribution in [0.15, 0.2) is 68.1 Å². The second-order valence-corrected chi connectivity index (χ2v) is 18.6. The first-order valence-electron chi connectivity index (χ1n) is 19.4. The fourth-order valence-corrected chi connectivity index (χ4v) is 11.6. The molecule has 2 fully saturated rings. The van der Waals surface area contributed by atoms with Gasteiger partial charge in [-0.05, 0) is 75.8 Å². The summed E-state index contributed by atoms with van der Waals surface area (Å²) >= 11 is 0. The van der Waals surface area contributed by atoms with E-state index < -0.39 is 29.2 Å². The summed E-state index contributed by atoms with van der Waals surface area (Å²) in [7, 11) is 3.31. The molecule has 1 aromatic carbocycles. The van der Waals surface area contributed by atoms with E-state index in [0.717, 1.165) is 40.3 Å². The second-order valence-electron chi connectivity index (χ2n) is 16.0. The SMILES string of the molecule is Cc1cc(=O)c2c(O)c3c(cc2o1)OC1(C)CCSSCc2c(cc(CN4C=C5N=CC=C5C4)nc2N)-c2cc(cc(N)n2)CCC2OC24CCCC3C1OC4=O. The average molecular weight is 807 g/mol. The van der Waals surface area contributed by atoms with Crippen molar-refractivity contribution in [1.29, 1.82) is 0 Å². The maximum absolute atomic E-state index is 14.3. The van der Waals surface area contributed by atoms with E-state index in [2.05, 4.69) is 28.2 Å². The van der Waals surface area contributed by atoms with Crippen LogP contribution >= 0.6 is 21.6 Å². The number of rotatable bonds is 2. The number of carbonyl (C=O) groups excluding carboxylic acids is 1. The summed E-state index contributed by atoms with van der Waals surface area (Å²) in [6.45, 7) is 4.97. The van der Waals surface area contributed by atoms with Crippen LogP contribution in [0.5, 0.6) is 11.5 Å². The summed E-state index contributed by atoms with van der Waals surface area (Å²) in [4.78, 5) is 43.7. The summed E-state index contributed by atoms with van der Waals surface area (Å²) in [5.74, 6) is 1.87. The van der Waals surface area contributed by atoms with E-state index in [1.807, 2.05) is 25.3 Å². The van der Waals surface area contributed by atoms with Gasteiger partial charge in [0.15, 0.2) is 11.0 Å². The molecule has 13 nitrogen and oxygen atoms in total. The molecule has 0 aliphatic carbocycles. The van der Waals surface area contributed by atoms with Gasteiger partial charge in [-0.15, -0.1) is 0 Å². The average Bonchev–Trinajstić information content (AvgIpc) is 3.47. The Morgan fingerprint density at radius 1 is 1.07 bits per heavy atom. The molecule has 5 atom stereocenters. The highest BCUT2D eigenvalue weighted by molar-refractivity contribution is 8.76. The van der Waals surface area contributed by atoms with Crippen molar-refractivity contribution >= 4 is 56.4 Å². The highest BCUT2D eigenvalue weighted by atomic mass is 33.1. The molecule has 4 aromatic rings. The predicted octanol–water partition coefficient (Wildman–Crippen LogP) is 6.48. The van der Waals surface area contributed by atoms with Crippen LogP contribution in [0.3, 0.4) is 0 Å². The molecular formula is C42H42N6O7S2. The van der Waals surface area contributed by atoms with Crippen LogP contribution < -0.4 is 21.6 Å². The van der Waals surface area contributed by atoms with E-state index in [-0.39, 0.29) is 28.3 Å². The minimum Gasteiger partial charge on any atom is -0.507 e. The standard InChI is InChI=1S/C42H42N6O7S2/c1-21-12-30(49)36-31(52-21)16-32-35(37(36)50)25-4-3-8-42-33(55-42)6-5-22-13-28(47-34(43)14-22)26-15-24(18-48-17-23-7-10-45-29(23)19-48)46-39(44)27(26)20-57-56-11-9-41(2,54-32)38(25)53-40(42)51/h7,10,12-16,19,25,33,38,50H,3-6,8-9,11,17-18,20H2,1-2H3,(H2,43,47)(H2,44,46). The molecule has 57 heavy (non-hydrogen) atoms. The number of esters is 1. The van der Waals surface area contributed by atoms with Gasteiger partial charge < -0.3 is 40.1 Å². The molecule has 0 amide bonds. The molecule has 6 aliphatic rings. The zero-order valence-corrected chi connectivity index (χ0v) is 33.2. The number of ether oxygens (including phenoxy) is 3. The van der Waals surface area contributed by atoms with Crippen LogP contribution in [0, 0.1) is 6.92 Å². The Hall–Kier alpha value is -4.99. The van der Waals surface area contributed by atoms with Crippen molar-refractivity contribution in [3.63, 3.8) is 0 Å². The quantitative estimate of drug-likeness (QED) is 0.113. The molecule has 5 N–H and O–H groups in total. The summed E-state index contributed by atoms with van der Waals surface area (Å²) in [5, 5.41) is 11.8. The topological polar surface area (TPSA) is 192 Å².